The summed E-state index contributed by atoms with van der Waals surface area (Å²) in [4.78, 5) is 0.0456. The molecule has 0 heterocycles. The lowest BCUT2D eigenvalue weighted by Crippen LogP contribution is -1.95. The van der Waals surface area contributed by atoms with Crippen LogP contribution >= 0.6 is 43.5 Å². The Kier molecular flexibility index (Phi) is 8.59. The first-order chi connectivity index (χ1) is 9.06. The highest BCUT2D eigenvalue weighted by molar-refractivity contribution is 9.10. The minimum absolute atomic E-state index is 0.0456. The first kappa shape index (κ1) is 17.5. The second-order valence-electron chi connectivity index (χ2n) is 4.81. The highest BCUT2D eigenvalue weighted by Gasteiger charge is 2.14. The van der Waals surface area contributed by atoms with Gasteiger partial charge in [-0.1, -0.05) is 73.0 Å². The van der Waals surface area contributed by atoms with Crippen molar-refractivity contribution in [1.29, 1.82) is 0 Å². The van der Waals surface area contributed by atoms with Crippen LogP contribution in [0.2, 0.25) is 5.02 Å². The van der Waals surface area contributed by atoms with Gasteiger partial charge in [-0.25, -0.2) is 4.39 Å². The van der Waals surface area contributed by atoms with Crippen LogP contribution in [-0.4, -0.2) is 0 Å². The number of rotatable bonds is 8. The highest BCUT2D eigenvalue weighted by Crippen LogP contribution is 2.35. The number of unbranched alkanes of at least 4 members (excludes halogenated alkanes) is 5. The van der Waals surface area contributed by atoms with E-state index in [1.54, 1.807) is 6.07 Å². The maximum absolute atomic E-state index is 13.8. The molecule has 0 aliphatic carbocycles. The van der Waals surface area contributed by atoms with Crippen LogP contribution in [-0.2, 0) is 0 Å². The molecule has 4 heteroatoms. The maximum Gasteiger partial charge on any atom is 0.128 e. The van der Waals surface area contributed by atoms with Crippen LogP contribution in [0.1, 0.15) is 62.3 Å². The van der Waals surface area contributed by atoms with Crippen LogP contribution in [0.4, 0.5) is 4.39 Å². The Hall–Kier alpha value is 0.400. The molecular weight excluding hydrogens is 394 g/mol. The third-order valence-electron chi connectivity index (χ3n) is 3.19. The predicted octanol–water partition coefficient (Wildman–Crippen LogP) is 7.43. The van der Waals surface area contributed by atoms with Crippen LogP contribution in [0, 0.1) is 5.82 Å². The van der Waals surface area contributed by atoms with Gasteiger partial charge in [0.15, 0.2) is 0 Å². The maximum atomic E-state index is 13.8. The van der Waals surface area contributed by atoms with E-state index in [0.717, 1.165) is 12.8 Å². The summed E-state index contributed by atoms with van der Waals surface area (Å²) in [6.45, 7) is 2.22. The Bertz CT molecular complexity index is 396. The van der Waals surface area contributed by atoms with Gasteiger partial charge in [0.05, 0.1) is 5.02 Å². The van der Waals surface area contributed by atoms with E-state index in [1.807, 2.05) is 0 Å². The number of hydrogen-bond acceptors (Lipinski definition) is 0. The second-order valence-corrected chi connectivity index (χ2v) is 7.18. The fraction of sp³-hybridized carbons (Fsp3) is 0.600. The molecule has 1 aromatic carbocycles. The Morgan fingerprint density at radius 3 is 2.47 bits per heavy atom. The molecular formula is C15H20Br2ClF. The lowest BCUT2D eigenvalue weighted by molar-refractivity contribution is 0.570. The molecule has 0 aliphatic heterocycles. The fourth-order valence-electron chi connectivity index (χ4n) is 2.04. The zero-order chi connectivity index (χ0) is 14.3. The summed E-state index contributed by atoms with van der Waals surface area (Å²) < 4.78 is 14.4. The van der Waals surface area contributed by atoms with Gasteiger partial charge < -0.3 is 0 Å². The van der Waals surface area contributed by atoms with Gasteiger partial charge in [-0.05, 0) is 34.5 Å². The molecule has 1 atom stereocenters. The van der Waals surface area contributed by atoms with Gasteiger partial charge in [0.2, 0.25) is 0 Å². The largest absolute Gasteiger partial charge is 0.207 e. The van der Waals surface area contributed by atoms with E-state index >= 15 is 0 Å². The first-order valence-electron chi connectivity index (χ1n) is 6.84. The molecule has 0 aromatic heterocycles. The summed E-state index contributed by atoms with van der Waals surface area (Å²) in [6, 6.07) is 3.14. The zero-order valence-corrected chi connectivity index (χ0v) is 15.1. The number of alkyl halides is 1. The molecule has 0 saturated heterocycles. The third-order valence-corrected chi connectivity index (χ3v) is 5.34. The average Bonchev–Trinajstić information content (AvgIpc) is 2.37. The smallest absolute Gasteiger partial charge is 0.128 e. The summed E-state index contributed by atoms with van der Waals surface area (Å²) in [5.74, 6) is -0.205. The van der Waals surface area contributed by atoms with Crippen molar-refractivity contribution >= 4 is 43.5 Å². The third kappa shape index (κ3) is 6.14. The molecule has 0 radical (unpaired) electrons. The van der Waals surface area contributed by atoms with Crippen LogP contribution in [0.25, 0.3) is 0 Å². The zero-order valence-electron chi connectivity index (χ0n) is 11.2. The van der Waals surface area contributed by atoms with Gasteiger partial charge >= 0.3 is 0 Å². The summed E-state index contributed by atoms with van der Waals surface area (Å²) >= 11 is 12.8. The van der Waals surface area contributed by atoms with Crippen LogP contribution < -0.4 is 0 Å². The van der Waals surface area contributed by atoms with Gasteiger partial charge in [-0.2, -0.15) is 0 Å². The molecule has 1 aromatic rings. The van der Waals surface area contributed by atoms with Gasteiger partial charge in [-0.3, -0.25) is 0 Å². The van der Waals surface area contributed by atoms with Crippen molar-refractivity contribution in [3.8, 4) is 0 Å². The molecule has 1 rings (SSSR count). The monoisotopic (exact) mass is 412 g/mol. The Balaban J connectivity index is 2.41. The standard InChI is InChI=1S/C15H20Br2ClF/c1-2-3-4-5-6-7-8-12(16)11-9-14(18)13(17)10-15(11)19/h9-10,12H,2-8H2,1H3. The molecule has 0 bridgehead atoms. The topological polar surface area (TPSA) is 0 Å². The van der Waals surface area contributed by atoms with Crippen LogP contribution in [0.15, 0.2) is 16.6 Å². The lowest BCUT2D eigenvalue weighted by Gasteiger charge is -2.12. The van der Waals surface area contributed by atoms with Gasteiger partial charge in [0.25, 0.3) is 0 Å². The Labute approximate surface area is 137 Å². The fourth-order valence-corrected chi connectivity index (χ4v) is 3.20. The van der Waals surface area contributed by atoms with E-state index < -0.39 is 0 Å². The van der Waals surface area contributed by atoms with Crippen LogP contribution in [0.5, 0.6) is 0 Å². The number of halogens is 4. The van der Waals surface area contributed by atoms with Crippen molar-refractivity contribution in [1.82, 2.24) is 0 Å². The van der Waals surface area contributed by atoms with Crippen molar-refractivity contribution in [3.05, 3.63) is 33.0 Å². The minimum Gasteiger partial charge on any atom is -0.207 e. The van der Waals surface area contributed by atoms with Gasteiger partial charge in [0.1, 0.15) is 5.82 Å². The summed E-state index contributed by atoms with van der Waals surface area (Å²) in [5, 5.41) is 0.559. The molecule has 0 amide bonds. The summed E-state index contributed by atoms with van der Waals surface area (Å²) in [7, 11) is 0. The molecule has 0 saturated carbocycles. The van der Waals surface area contributed by atoms with E-state index in [2.05, 4.69) is 38.8 Å². The predicted molar refractivity (Wildman–Crippen MR) is 88.8 cm³/mol. The molecule has 0 nitrogen and oxygen atoms in total. The molecule has 0 fully saturated rings. The quantitative estimate of drug-likeness (QED) is 0.236. The minimum atomic E-state index is -0.205. The van der Waals surface area contributed by atoms with Gasteiger partial charge in [-0.15, -0.1) is 0 Å². The molecule has 0 spiro atoms. The van der Waals surface area contributed by atoms with Crippen molar-refractivity contribution in [2.24, 2.45) is 0 Å². The Morgan fingerprint density at radius 1 is 1.16 bits per heavy atom. The lowest BCUT2D eigenvalue weighted by atomic mass is 10.0. The van der Waals surface area contributed by atoms with Crippen molar-refractivity contribution in [2.45, 2.75) is 56.7 Å². The highest BCUT2D eigenvalue weighted by atomic mass is 79.9. The molecule has 19 heavy (non-hydrogen) atoms. The Morgan fingerprint density at radius 2 is 1.79 bits per heavy atom. The SMILES string of the molecule is CCCCCCCCC(Br)c1cc(Cl)c(Br)cc1F. The van der Waals surface area contributed by atoms with Crippen molar-refractivity contribution in [3.63, 3.8) is 0 Å². The summed E-state index contributed by atoms with van der Waals surface area (Å²) in [5.41, 5.74) is 0.654. The molecule has 108 valence electrons. The molecule has 0 N–H and O–H groups in total. The van der Waals surface area contributed by atoms with Gasteiger partial charge in [0, 0.05) is 14.9 Å². The van der Waals surface area contributed by atoms with Crippen molar-refractivity contribution < 1.29 is 4.39 Å². The number of hydrogen-bond donors (Lipinski definition) is 0. The van der Waals surface area contributed by atoms with E-state index in [1.165, 1.54) is 38.2 Å². The summed E-state index contributed by atoms with van der Waals surface area (Å²) in [6.07, 6.45) is 8.44. The number of benzene rings is 1. The van der Waals surface area contributed by atoms with E-state index in [4.69, 9.17) is 11.6 Å². The molecule has 1 unspecified atom stereocenters. The van der Waals surface area contributed by atoms with Crippen molar-refractivity contribution in [2.75, 3.05) is 0 Å². The normalized spacial score (nSPS) is 12.7. The first-order valence-corrected chi connectivity index (χ1v) is 8.93. The van der Waals surface area contributed by atoms with E-state index in [-0.39, 0.29) is 10.6 Å². The van der Waals surface area contributed by atoms with Crippen LogP contribution in [0.3, 0.4) is 0 Å². The average molecular weight is 415 g/mol. The van der Waals surface area contributed by atoms with E-state index in [0.29, 0.717) is 15.1 Å². The van der Waals surface area contributed by atoms with E-state index in [9.17, 15) is 4.39 Å². The second kappa shape index (κ2) is 9.36. The molecule has 0 aliphatic rings.